The zero-order valence-electron chi connectivity index (χ0n) is 13.3. The molecular weight excluding hydrogens is 368 g/mol. The molecule has 2 aliphatic heterocycles. The Kier molecular flexibility index (Phi) is 3.72. The van der Waals surface area contributed by atoms with Crippen LogP contribution in [-0.4, -0.2) is 60.0 Å². The van der Waals surface area contributed by atoms with E-state index in [2.05, 4.69) is 10.3 Å². The van der Waals surface area contributed by atoms with Gasteiger partial charge in [0.05, 0.1) is 15.8 Å². The molecule has 0 aromatic carbocycles. The highest BCUT2D eigenvalue weighted by atomic mass is 32.2. The van der Waals surface area contributed by atoms with E-state index < -0.39 is 30.0 Å². The summed E-state index contributed by atoms with van der Waals surface area (Å²) in [7, 11) is 1.76. The van der Waals surface area contributed by atoms with Crippen molar-refractivity contribution in [2.75, 3.05) is 5.75 Å². The first-order valence-corrected chi connectivity index (χ1v) is 9.38. The van der Waals surface area contributed by atoms with Gasteiger partial charge in [-0.1, -0.05) is 5.21 Å². The van der Waals surface area contributed by atoms with Crippen molar-refractivity contribution in [3.63, 3.8) is 0 Å². The molecule has 1 N–H and O–H groups in total. The number of amides is 1. The van der Waals surface area contributed by atoms with E-state index in [9.17, 15) is 19.5 Å². The third-order valence-electron chi connectivity index (χ3n) is 4.40. The van der Waals surface area contributed by atoms with Crippen LogP contribution in [0.2, 0.25) is 0 Å². The lowest BCUT2D eigenvalue weighted by Gasteiger charge is -2.45. The summed E-state index contributed by atoms with van der Waals surface area (Å²) in [4.78, 5) is 38.2. The number of carboxylic acids is 1. The molecule has 25 heavy (non-hydrogen) atoms. The molecule has 0 bridgehead atoms. The molecule has 0 radical (unpaired) electrons. The summed E-state index contributed by atoms with van der Waals surface area (Å²) in [6.07, 6.45) is -0.745. The average Bonchev–Trinajstić information content (AvgIpc) is 3.20. The van der Waals surface area contributed by atoms with E-state index in [1.54, 1.807) is 11.7 Å². The summed E-state index contributed by atoms with van der Waals surface area (Å²) in [6.45, 7) is 1.29. The Morgan fingerprint density at radius 1 is 1.48 bits per heavy atom. The first-order valence-electron chi connectivity index (χ1n) is 7.51. The molecule has 0 saturated carbocycles. The molecule has 2 aromatic rings. The van der Waals surface area contributed by atoms with Gasteiger partial charge in [-0.15, -0.1) is 28.2 Å². The third kappa shape index (κ3) is 2.41. The molecule has 4 heterocycles. The second-order valence-electron chi connectivity index (χ2n) is 5.93. The first-order chi connectivity index (χ1) is 11.9. The summed E-state index contributed by atoms with van der Waals surface area (Å²) in [6, 6.07) is 1.00. The number of hydrogen-bond donors (Lipinski definition) is 1. The van der Waals surface area contributed by atoms with Crippen molar-refractivity contribution in [1.82, 2.24) is 19.9 Å². The van der Waals surface area contributed by atoms with Gasteiger partial charge in [0.1, 0.15) is 12.0 Å². The average molecular weight is 382 g/mol. The molecule has 2 saturated heterocycles. The number of carboxylic acid groups (broad SMARTS) is 1. The van der Waals surface area contributed by atoms with Crippen LogP contribution in [0.1, 0.15) is 17.9 Å². The lowest BCUT2D eigenvalue weighted by Crippen LogP contribution is -2.63. The van der Waals surface area contributed by atoms with Gasteiger partial charge in [0.2, 0.25) is 5.91 Å². The highest BCUT2D eigenvalue weighted by Crippen LogP contribution is 2.50. The highest BCUT2D eigenvalue weighted by Gasteiger charge is 2.60. The minimum absolute atomic E-state index is 0.294. The van der Waals surface area contributed by atoms with Crippen LogP contribution in [-0.2, 0) is 26.2 Å². The number of nitrogens with zero attached hydrogens (tertiary/aromatic N) is 4. The number of esters is 1. The molecule has 0 spiro atoms. The number of carbonyl (C=O) groups excluding carboxylic acids is 2. The van der Waals surface area contributed by atoms with Gasteiger partial charge in [-0.05, 0) is 6.07 Å². The number of rotatable bonds is 4. The molecule has 4 rings (SSSR count). The predicted octanol–water partition coefficient (Wildman–Crippen LogP) is 0.619. The normalized spacial score (nSPS) is 26.4. The number of thiophene rings is 1. The van der Waals surface area contributed by atoms with Crippen molar-refractivity contribution in [3.05, 3.63) is 10.9 Å². The van der Waals surface area contributed by atoms with Crippen molar-refractivity contribution >= 4 is 51.3 Å². The van der Waals surface area contributed by atoms with Gasteiger partial charge in [0, 0.05) is 19.7 Å². The van der Waals surface area contributed by atoms with Crippen molar-refractivity contribution in [3.8, 4) is 0 Å². The van der Waals surface area contributed by atoms with Gasteiger partial charge in [-0.3, -0.25) is 9.59 Å². The number of hydrogen-bond acceptors (Lipinski definition) is 8. The maximum atomic E-state index is 12.6. The van der Waals surface area contributed by atoms with Crippen LogP contribution < -0.4 is 0 Å². The van der Waals surface area contributed by atoms with Gasteiger partial charge in [0.25, 0.3) is 0 Å². The quantitative estimate of drug-likeness (QED) is 0.604. The number of carbonyl (C=O) groups is 3. The van der Waals surface area contributed by atoms with E-state index in [-0.39, 0.29) is 11.3 Å². The smallest absolute Gasteiger partial charge is 0.327 e. The summed E-state index contributed by atoms with van der Waals surface area (Å²) in [5, 5.41) is 16.9. The second-order valence-corrected chi connectivity index (χ2v) is 8.14. The van der Waals surface area contributed by atoms with Crippen LogP contribution in [0.15, 0.2) is 6.07 Å². The van der Waals surface area contributed by atoms with Gasteiger partial charge in [-0.2, -0.15) is 0 Å². The molecular formula is C14H14N4O5S2. The maximum absolute atomic E-state index is 12.6. The van der Waals surface area contributed by atoms with Crippen LogP contribution >= 0.6 is 23.1 Å². The maximum Gasteiger partial charge on any atom is 0.327 e. The van der Waals surface area contributed by atoms with Crippen LogP contribution in [0.5, 0.6) is 0 Å². The molecule has 0 aliphatic carbocycles. The van der Waals surface area contributed by atoms with Crippen molar-refractivity contribution < 1.29 is 24.2 Å². The summed E-state index contributed by atoms with van der Waals surface area (Å²) < 4.78 is 7.07. The van der Waals surface area contributed by atoms with E-state index >= 15 is 0 Å². The lowest BCUT2D eigenvalue weighted by atomic mass is 9.89. The van der Waals surface area contributed by atoms with Crippen LogP contribution in [0, 0.1) is 5.92 Å². The summed E-state index contributed by atoms with van der Waals surface area (Å²) in [5.41, 5.74) is 0.795. The monoisotopic (exact) mass is 382 g/mol. The number of fused-ring (bicyclic) bond motifs is 2. The Bertz CT molecular complexity index is 893. The zero-order valence-corrected chi connectivity index (χ0v) is 14.9. The summed E-state index contributed by atoms with van der Waals surface area (Å²) in [5.74, 6) is -2.04. The summed E-state index contributed by atoms with van der Waals surface area (Å²) >= 11 is 2.73. The number of ether oxygens (including phenoxy) is 1. The van der Waals surface area contributed by atoms with Crippen molar-refractivity contribution in [1.29, 1.82) is 0 Å². The minimum atomic E-state index is -1.01. The Labute approximate surface area is 149 Å². The van der Waals surface area contributed by atoms with Gasteiger partial charge >= 0.3 is 11.9 Å². The number of aryl methyl sites for hydroxylation is 1. The fourth-order valence-electron chi connectivity index (χ4n) is 3.24. The minimum Gasteiger partial charge on any atom is -0.480 e. The van der Waals surface area contributed by atoms with Crippen LogP contribution in [0.25, 0.3) is 10.3 Å². The van der Waals surface area contributed by atoms with Crippen LogP contribution in [0.3, 0.4) is 0 Å². The number of β-lactam (4-membered cyclic amide) rings is 1. The van der Waals surface area contributed by atoms with Gasteiger partial charge in [-0.25, -0.2) is 9.48 Å². The van der Waals surface area contributed by atoms with E-state index in [0.717, 1.165) is 5.52 Å². The number of aliphatic carboxylic acids is 1. The fourth-order valence-corrected chi connectivity index (χ4v) is 5.88. The topological polar surface area (TPSA) is 115 Å². The highest BCUT2D eigenvalue weighted by molar-refractivity contribution is 8.00. The molecule has 2 aromatic heterocycles. The Morgan fingerprint density at radius 2 is 2.24 bits per heavy atom. The molecule has 9 nitrogen and oxygen atoms in total. The molecule has 11 heteroatoms. The standard InChI is InChI=1S/C14H14N4O5S2/c1-5(19)23-10(8-3-6-11(25-8)15-16-17(6)2)9-12(20)18-7(14(21)22)4-24-13(9)18/h3,7,9-10,13H,4H2,1-2H3,(H,21,22)/t7?,9?,10?,13-/m1/s1. The zero-order chi connectivity index (χ0) is 17.9. The molecule has 4 atom stereocenters. The Balaban J connectivity index is 1.67. The third-order valence-corrected chi connectivity index (χ3v) is 6.84. The second kappa shape index (κ2) is 5.70. The van der Waals surface area contributed by atoms with Gasteiger partial charge < -0.3 is 14.7 Å². The molecule has 2 fully saturated rings. The Hall–Kier alpha value is -2.14. The lowest BCUT2D eigenvalue weighted by molar-refractivity contribution is -0.173. The predicted molar refractivity (Wildman–Crippen MR) is 88.9 cm³/mol. The van der Waals surface area contributed by atoms with E-state index in [1.165, 1.54) is 34.9 Å². The van der Waals surface area contributed by atoms with Crippen molar-refractivity contribution in [2.45, 2.75) is 24.4 Å². The van der Waals surface area contributed by atoms with Crippen molar-refractivity contribution in [2.24, 2.45) is 13.0 Å². The number of aromatic nitrogens is 3. The van der Waals surface area contributed by atoms with Crippen LogP contribution in [0.4, 0.5) is 0 Å². The Morgan fingerprint density at radius 3 is 2.88 bits per heavy atom. The molecule has 3 unspecified atom stereocenters. The van der Waals surface area contributed by atoms with E-state index in [4.69, 9.17) is 4.74 Å². The fraction of sp³-hybridized carbons (Fsp3) is 0.500. The number of thioether (sulfide) groups is 1. The largest absolute Gasteiger partial charge is 0.480 e. The molecule has 2 aliphatic rings. The van der Waals surface area contributed by atoms with Gasteiger partial charge in [0.15, 0.2) is 10.9 Å². The SMILES string of the molecule is CC(=O)OC(c1cc2c(nnn2C)s1)C1C(=O)N2C(C(=O)O)CS[C@H]12. The molecule has 1 amide bonds. The first kappa shape index (κ1) is 16.3. The van der Waals surface area contributed by atoms with E-state index in [1.807, 2.05) is 6.07 Å². The van der Waals surface area contributed by atoms with E-state index in [0.29, 0.717) is 15.5 Å². The molecule has 132 valence electrons.